The van der Waals surface area contributed by atoms with Crippen LogP contribution in [0.5, 0.6) is 0 Å². The maximum atomic E-state index is 11.8. The molecule has 0 saturated carbocycles. The van der Waals surface area contributed by atoms with Gasteiger partial charge < -0.3 is 4.74 Å². The first-order valence-corrected chi connectivity index (χ1v) is 9.16. The van der Waals surface area contributed by atoms with E-state index in [2.05, 4.69) is 34.6 Å². The molecule has 2 unspecified atom stereocenters. The molecule has 0 aliphatic carbocycles. The lowest BCUT2D eigenvalue weighted by molar-refractivity contribution is -0.145. The third kappa shape index (κ3) is 11.8. The van der Waals surface area contributed by atoms with E-state index in [1.165, 1.54) is 38.5 Å². The van der Waals surface area contributed by atoms with Crippen molar-refractivity contribution in [2.45, 2.75) is 92.4 Å². The SMILES string of the molecule is CCCC(C)C(CCC)COC(=O)CCCCCC(C)C. The largest absolute Gasteiger partial charge is 0.465 e. The van der Waals surface area contributed by atoms with E-state index in [-0.39, 0.29) is 5.97 Å². The molecule has 2 heteroatoms. The summed E-state index contributed by atoms with van der Waals surface area (Å²) < 4.78 is 5.51. The van der Waals surface area contributed by atoms with Crippen LogP contribution in [0.1, 0.15) is 92.4 Å². The van der Waals surface area contributed by atoms with Crippen LogP contribution in [0, 0.1) is 17.8 Å². The second kappa shape index (κ2) is 13.2. The summed E-state index contributed by atoms with van der Waals surface area (Å²) in [6, 6.07) is 0. The Morgan fingerprint density at radius 1 is 0.905 bits per heavy atom. The molecule has 0 aromatic rings. The van der Waals surface area contributed by atoms with E-state index in [0.29, 0.717) is 24.9 Å². The summed E-state index contributed by atoms with van der Waals surface area (Å²) in [5.74, 6) is 1.98. The predicted octanol–water partition coefficient (Wildman–Crippen LogP) is 5.99. The summed E-state index contributed by atoms with van der Waals surface area (Å²) in [5.41, 5.74) is 0. The molecule has 2 atom stereocenters. The van der Waals surface area contributed by atoms with Crippen molar-refractivity contribution in [3.8, 4) is 0 Å². The molecule has 0 spiro atoms. The monoisotopic (exact) mass is 298 g/mol. The highest BCUT2D eigenvalue weighted by atomic mass is 16.5. The summed E-state index contributed by atoms with van der Waals surface area (Å²) in [4.78, 5) is 11.8. The zero-order valence-electron chi connectivity index (χ0n) is 15.1. The van der Waals surface area contributed by atoms with Gasteiger partial charge in [-0.25, -0.2) is 0 Å². The average molecular weight is 299 g/mol. The number of carbonyl (C=O) groups excluding carboxylic acids is 1. The zero-order chi connectivity index (χ0) is 16.1. The van der Waals surface area contributed by atoms with E-state index < -0.39 is 0 Å². The molecule has 0 saturated heterocycles. The molecule has 0 aromatic heterocycles. The van der Waals surface area contributed by atoms with Gasteiger partial charge in [0, 0.05) is 6.42 Å². The highest BCUT2D eigenvalue weighted by Crippen LogP contribution is 2.22. The van der Waals surface area contributed by atoms with Gasteiger partial charge in [-0.05, 0) is 30.6 Å². The Bertz CT molecular complexity index is 248. The fourth-order valence-corrected chi connectivity index (χ4v) is 2.86. The van der Waals surface area contributed by atoms with E-state index in [0.717, 1.165) is 18.8 Å². The molecule has 0 heterocycles. The van der Waals surface area contributed by atoms with E-state index in [1.807, 2.05) is 0 Å². The van der Waals surface area contributed by atoms with Crippen molar-refractivity contribution < 1.29 is 9.53 Å². The fourth-order valence-electron chi connectivity index (χ4n) is 2.86. The Morgan fingerprint density at radius 2 is 1.57 bits per heavy atom. The first kappa shape index (κ1) is 20.5. The Kier molecular flexibility index (Phi) is 12.8. The van der Waals surface area contributed by atoms with E-state index in [9.17, 15) is 4.79 Å². The molecule has 0 bridgehead atoms. The first-order valence-electron chi connectivity index (χ1n) is 9.16. The van der Waals surface area contributed by atoms with Crippen molar-refractivity contribution in [3.63, 3.8) is 0 Å². The van der Waals surface area contributed by atoms with Crippen LogP contribution in [0.4, 0.5) is 0 Å². The van der Waals surface area contributed by atoms with Gasteiger partial charge in [-0.15, -0.1) is 0 Å². The summed E-state index contributed by atoms with van der Waals surface area (Å²) in [5, 5.41) is 0. The summed E-state index contributed by atoms with van der Waals surface area (Å²) >= 11 is 0. The molecule has 0 radical (unpaired) electrons. The lowest BCUT2D eigenvalue weighted by Crippen LogP contribution is -2.20. The molecule has 0 aromatic carbocycles. The van der Waals surface area contributed by atoms with Crippen molar-refractivity contribution in [3.05, 3.63) is 0 Å². The zero-order valence-corrected chi connectivity index (χ0v) is 15.1. The molecule has 0 aliphatic rings. The molecular formula is C19H38O2. The molecule has 0 fully saturated rings. The number of ether oxygens (including phenoxy) is 1. The van der Waals surface area contributed by atoms with Crippen LogP contribution in [0.3, 0.4) is 0 Å². The molecule has 0 rings (SSSR count). The first-order chi connectivity index (χ1) is 10.0. The minimum Gasteiger partial charge on any atom is -0.465 e. The second-order valence-electron chi connectivity index (χ2n) is 6.99. The number of carbonyl (C=O) groups is 1. The van der Waals surface area contributed by atoms with Gasteiger partial charge in [0.2, 0.25) is 0 Å². The number of rotatable bonds is 13. The van der Waals surface area contributed by atoms with Crippen molar-refractivity contribution in [2.75, 3.05) is 6.61 Å². The number of hydrogen-bond donors (Lipinski definition) is 0. The van der Waals surface area contributed by atoms with Crippen LogP contribution < -0.4 is 0 Å². The van der Waals surface area contributed by atoms with Gasteiger partial charge in [-0.2, -0.15) is 0 Å². The third-order valence-corrected chi connectivity index (χ3v) is 4.33. The topological polar surface area (TPSA) is 26.3 Å². The Labute approximate surface area is 133 Å². The van der Waals surface area contributed by atoms with Crippen LogP contribution in [0.2, 0.25) is 0 Å². The quantitative estimate of drug-likeness (QED) is 0.308. The average Bonchev–Trinajstić information content (AvgIpc) is 2.42. The van der Waals surface area contributed by atoms with Crippen molar-refractivity contribution >= 4 is 5.97 Å². The van der Waals surface area contributed by atoms with Crippen LogP contribution in [-0.4, -0.2) is 12.6 Å². The highest BCUT2D eigenvalue weighted by molar-refractivity contribution is 5.69. The van der Waals surface area contributed by atoms with E-state index in [1.54, 1.807) is 0 Å². The second-order valence-corrected chi connectivity index (χ2v) is 6.99. The maximum Gasteiger partial charge on any atom is 0.305 e. The van der Waals surface area contributed by atoms with Gasteiger partial charge in [-0.1, -0.05) is 73.1 Å². The number of unbranched alkanes of at least 4 members (excludes halogenated alkanes) is 2. The van der Waals surface area contributed by atoms with Gasteiger partial charge in [0.25, 0.3) is 0 Å². The van der Waals surface area contributed by atoms with Gasteiger partial charge in [0.05, 0.1) is 6.61 Å². The Hall–Kier alpha value is -0.530. The van der Waals surface area contributed by atoms with Gasteiger partial charge in [-0.3, -0.25) is 4.79 Å². The number of esters is 1. The summed E-state index contributed by atoms with van der Waals surface area (Å²) in [6.45, 7) is 11.9. The van der Waals surface area contributed by atoms with Crippen molar-refractivity contribution in [1.82, 2.24) is 0 Å². The Balaban J connectivity index is 3.81. The molecule has 0 N–H and O–H groups in total. The predicted molar refractivity (Wildman–Crippen MR) is 91.4 cm³/mol. The van der Waals surface area contributed by atoms with Gasteiger partial charge in [0.15, 0.2) is 0 Å². The maximum absolute atomic E-state index is 11.8. The van der Waals surface area contributed by atoms with Crippen molar-refractivity contribution in [1.29, 1.82) is 0 Å². The Morgan fingerprint density at radius 3 is 2.14 bits per heavy atom. The fraction of sp³-hybridized carbons (Fsp3) is 0.947. The molecule has 126 valence electrons. The standard InChI is InChI=1S/C19H38O2/c1-6-11-17(5)18(12-7-2)15-21-19(20)14-10-8-9-13-16(3)4/h16-18H,6-15H2,1-5H3. The van der Waals surface area contributed by atoms with Crippen LogP contribution in [-0.2, 0) is 9.53 Å². The van der Waals surface area contributed by atoms with Crippen molar-refractivity contribution in [2.24, 2.45) is 17.8 Å². The molecule has 21 heavy (non-hydrogen) atoms. The lowest BCUT2D eigenvalue weighted by atomic mass is 9.87. The lowest BCUT2D eigenvalue weighted by Gasteiger charge is -2.23. The molecule has 0 aliphatic heterocycles. The minimum absolute atomic E-state index is 0.00403. The van der Waals surface area contributed by atoms with Crippen LogP contribution in [0.15, 0.2) is 0 Å². The molecule has 0 amide bonds. The van der Waals surface area contributed by atoms with Crippen LogP contribution >= 0.6 is 0 Å². The third-order valence-electron chi connectivity index (χ3n) is 4.33. The molecule has 2 nitrogen and oxygen atoms in total. The summed E-state index contributed by atoms with van der Waals surface area (Å²) in [7, 11) is 0. The minimum atomic E-state index is 0.00403. The number of hydrogen-bond acceptors (Lipinski definition) is 2. The van der Waals surface area contributed by atoms with Gasteiger partial charge >= 0.3 is 5.97 Å². The smallest absolute Gasteiger partial charge is 0.305 e. The molecular weight excluding hydrogens is 260 g/mol. The van der Waals surface area contributed by atoms with Gasteiger partial charge in [0.1, 0.15) is 0 Å². The van der Waals surface area contributed by atoms with E-state index in [4.69, 9.17) is 4.74 Å². The highest BCUT2D eigenvalue weighted by Gasteiger charge is 2.17. The summed E-state index contributed by atoms with van der Waals surface area (Å²) in [6.07, 6.45) is 10.0. The van der Waals surface area contributed by atoms with E-state index >= 15 is 0 Å². The van der Waals surface area contributed by atoms with Crippen LogP contribution in [0.25, 0.3) is 0 Å². The normalized spacial score (nSPS) is 14.2.